The van der Waals surface area contributed by atoms with Crippen LogP contribution >= 0.6 is 11.3 Å². The monoisotopic (exact) mass is 331 g/mol. The molecule has 120 valence electrons. The van der Waals surface area contributed by atoms with E-state index in [2.05, 4.69) is 15.1 Å². The summed E-state index contributed by atoms with van der Waals surface area (Å²) in [5.41, 5.74) is 1.97. The van der Waals surface area contributed by atoms with Crippen molar-refractivity contribution in [3.63, 3.8) is 0 Å². The molecule has 0 atom stereocenters. The van der Waals surface area contributed by atoms with Gasteiger partial charge in [0.05, 0.1) is 19.4 Å². The van der Waals surface area contributed by atoms with Gasteiger partial charge in [0.15, 0.2) is 5.82 Å². The zero-order valence-corrected chi connectivity index (χ0v) is 14.0. The number of aryl methyl sites for hydroxylation is 1. The van der Waals surface area contributed by atoms with Crippen molar-refractivity contribution in [1.29, 1.82) is 0 Å². The molecule has 23 heavy (non-hydrogen) atoms. The second-order valence-electron chi connectivity index (χ2n) is 5.00. The van der Waals surface area contributed by atoms with Crippen molar-refractivity contribution in [3.05, 3.63) is 46.4 Å². The lowest BCUT2D eigenvalue weighted by molar-refractivity contribution is 0.184. The molecule has 0 radical (unpaired) electrons. The third kappa shape index (κ3) is 3.57. The minimum absolute atomic E-state index is 0.484. The van der Waals surface area contributed by atoms with E-state index in [4.69, 9.17) is 14.0 Å². The zero-order chi connectivity index (χ0) is 16.2. The maximum Gasteiger partial charge on any atom is 0.269 e. The third-order valence-electron chi connectivity index (χ3n) is 3.29. The second kappa shape index (κ2) is 6.89. The predicted octanol–water partition coefficient (Wildman–Crippen LogP) is 3.25. The number of hydrogen-bond acceptors (Lipinski definition) is 7. The first-order chi connectivity index (χ1) is 11.2. The van der Waals surface area contributed by atoms with Gasteiger partial charge in [0.25, 0.3) is 5.89 Å². The number of rotatable bonds is 6. The normalized spacial score (nSPS) is 10.9. The van der Waals surface area contributed by atoms with Crippen LogP contribution in [0.2, 0.25) is 0 Å². The minimum atomic E-state index is 0.484. The first-order valence-electron chi connectivity index (χ1n) is 7.10. The molecule has 0 saturated carbocycles. The van der Waals surface area contributed by atoms with Crippen molar-refractivity contribution in [3.8, 4) is 16.5 Å². The summed E-state index contributed by atoms with van der Waals surface area (Å²) in [6.45, 7) is 2.41. The lowest BCUT2D eigenvalue weighted by Crippen LogP contribution is -1.91. The molecular formula is C16H17N3O3S. The van der Waals surface area contributed by atoms with Crippen molar-refractivity contribution in [2.24, 2.45) is 0 Å². The molecule has 0 aliphatic heterocycles. The average Bonchev–Trinajstić information content (AvgIpc) is 3.15. The highest BCUT2D eigenvalue weighted by molar-refractivity contribution is 7.15. The second-order valence-corrected chi connectivity index (χ2v) is 6.08. The highest BCUT2D eigenvalue weighted by atomic mass is 32.1. The average molecular weight is 331 g/mol. The van der Waals surface area contributed by atoms with Gasteiger partial charge in [0.2, 0.25) is 0 Å². The number of benzene rings is 1. The Labute approximate surface area is 138 Å². The summed E-state index contributed by atoms with van der Waals surface area (Å²) in [7, 11) is 3.30. The summed E-state index contributed by atoms with van der Waals surface area (Å²) < 4.78 is 15.6. The van der Waals surface area contributed by atoms with E-state index in [0.717, 1.165) is 26.9 Å². The van der Waals surface area contributed by atoms with E-state index >= 15 is 0 Å². The van der Waals surface area contributed by atoms with E-state index in [9.17, 15) is 0 Å². The molecule has 6 nitrogen and oxygen atoms in total. The standard InChI is InChI=1S/C16H17N3O3S/c1-10-15(23-14(17-10)9-20-2)16-18-13(19-22-16)8-11-4-6-12(21-3)7-5-11/h4-7H,8-9H2,1-3H3. The Morgan fingerprint density at radius 1 is 1.13 bits per heavy atom. The van der Waals surface area contributed by atoms with Crippen molar-refractivity contribution in [2.45, 2.75) is 20.0 Å². The molecule has 0 bridgehead atoms. The zero-order valence-electron chi connectivity index (χ0n) is 13.2. The molecule has 3 aromatic rings. The van der Waals surface area contributed by atoms with Gasteiger partial charge in [-0.05, 0) is 24.6 Å². The molecule has 0 aliphatic carbocycles. The van der Waals surface area contributed by atoms with Crippen LogP contribution in [0.5, 0.6) is 5.75 Å². The molecule has 0 saturated heterocycles. The van der Waals surface area contributed by atoms with Gasteiger partial charge < -0.3 is 14.0 Å². The highest BCUT2D eigenvalue weighted by Gasteiger charge is 2.16. The molecule has 0 amide bonds. The van der Waals surface area contributed by atoms with Crippen LogP contribution in [0.25, 0.3) is 10.8 Å². The lowest BCUT2D eigenvalue weighted by Gasteiger charge is -2.00. The van der Waals surface area contributed by atoms with Gasteiger partial charge in [-0.25, -0.2) is 4.98 Å². The van der Waals surface area contributed by atoms with E-state index in [1.807, 2.05) is 31.2 Å². The lowest BCUT2D eigenvalue weighted by atomic mass is 10.1. The maximum absolute atomic E-state index is 5.38. The van der Waals surface area contributed by atoms with Crippen molar-refractivity contribution in [2.75, 3.05) is 14.2 Å². The Balaban J connectivity index is 1.77. The maximum atomic E-state index is 5.38. The minimum Gasteiger partial charge on any atom is -0.497 e. The smallest absolute Gasteiger partial charge is 0.269 e. The van der Waals surface area contributed by atoms with Gasteiger partial charge in [-0.1, -0.05) is 17.3 Å². The highest BCUT2D eigenvalue weighted by Crippen LogP contribution is 2.29. The molecule has 0 unspecified atom stereocenters. The van der Waals surface area contributed by atoms with Crippen molar-refractivity contribution < 1.29 is 14.0 Å². The van der Waals surface area contributed by atoms with E-state index < -0.39 is 0 Å². The van der Waals surface area contributed by atoms with Crippen molar-refractivity contribution >= 4 is 11.3 Å². The first kappa shape index (κ1) is 15.6. The molecule has 0 N–H and O–H groups in total. The van der Waals surface area contributed by atoms with Crippen LogP contribution in [0.1, 0.15) is 22.1 Å². The van der Waals surface area contributed by atoms with Crippen LogP contribution in [0.3, 0.4) is 0 Å². The van der Waals surface area contributed by atoms with Gasteiger partial charge in [-0.15, -0.1) is 11.3 Å². The molecule has 0 spiro atoms. The van der Waals surface area contributed by atoms with Gasteiger partial charge in [-0.3, -0.25) is 0 Å². The summed E-state index contributed by atoms with van der Waals surface area (Å²) in [5, 5.41) is 4.96. The summed E-state index contributed by atoms with van der Waals surface area (Å²) in [6.07, 6.45) is 0.607. The Morgan fingerprint density at radius 3 is 2.61 bits per heavy atom. The van der Waals surface area contributed by atoms with Gasteiger partial charge in [-0.2, -0.15) is 4.98 Å². The quantitative estimate of drug-likeness (QED) is 0.690. The fraction of sp³-hybridized carbons (Fsp3) is 0.312. The number of nitrogens with zero attached hydrogens (tertiary/aromatic N) is 3. The van der Waals surface area contributed by atoms with Crippen LogP contribution in [-0.4, -0.2) is 29.3 Å². The first-order valence-corrected chi connectivity index (χ1v) is 7.92. The van der Waals surface area contributed by atoms with Crippen molar-refractivity contribution in [1.82, 2.24) is 15.1 Å². The Bertz CT molecular complexity index is 780. The van der Waals surface area contributed by atoms with Crippen LogP contribution in [-0.2, 0) is 17.8 Å². The Morgan fingerprint density at radius 2 is 1.91 bits per heavy atom. The molecular weight excluding hydrogens is 314 g/mol. The molecule has 0 aliphatic rings. The van der Waals surface area contributed by atoms with E-state index in [-0.39, 0.29) is 0 Å². The molecule has 1 aromatic carbocycles. The van der Waals surface area contributed by atoms with Gasteiger partial charge >= 0.3 is 0 Å². The molecule has 3 rings (SSSR count). The number of methoxy groups -OCH3 is 2. The molecule has 7 heteroatoms. The summed E-state index contributed by atoms with van der Waals surface area (Å²) in [6, 6.07) is 7.81. The Hall–Kier alpha value is -2.25. The molecule has 2 aromatic heterocycles. The summed E-state index contributed by atoms with van der Waals surface area (Å²) in [4.78, 5) is 9.81. The van der Waals surface area contributed by atoms with Gasteiger partial charge in [0, 0.05) is 13.5 Å². The summed E-state index contributed by atoms with van der Waals surface area (Å²) >= 11 is 1.51. The van der Waals surface area contributed by atoms with Crippen LogP contribution in [0, 0.1) is 6.92 Å². The fourth-order valence-electron chi connectivity index (χ4n) is 2.18. The Kier molecular flexibility index (Phi) is 4.68. The number of aromatic nitrogens is 3. The number of thiazole rings is 1. The summed E-state index contributed by atoms with van der Waals surface area (Å²) in [5.74, 6) is 1.98. The number of hydrogen-bond donors (Lipinski definition) is 0. The fourth-order valence-corrected chi connectivity index (χ4v) is 3.14. The van der Waals surface area contributed by atoms with E-state index in [0.29, 0.717) is 24.7 Å². The largest absolute Gasteiger partial charge is 0.497 e. The topological polar surface area (TPSA) is 70.3 Å². The third-order valence-corrected chi connectivity index (χ3v) is 4.41. The molecule has 2 heterocycles. The van der Waals surface area contributed by atoms with Crippen LogP contribution < -0.4 is 4.74 Å². The van der Waals surface area contributed by atoms with Gasteiger partial charge in [0.1, 0.15) is 15.6 Å². The van der Waals surface area contributed by atoms with E-state index in [1.165, 1.54) is 11.3 Å². The van der Waals surface area contributed by atoms with Crippen LogP contribution in [0.4, 0.5) is 0 Å². The SMILES string of the molecule is COCc1nc(C)c(-c2nc(Cc3ccc(OC)cc3)no2)s1. The van der Waals surface area contributed by atoms with Crippen LogP contribution in [0.15, 0.2) is 28.8 Å². The number of ether oxygens (including phenoxy) is 2. The predicted molar refractivity (Wildman–Crippen MR) is 86.7 cm³/mol. The molecule has 0 fully saturated rings. The van der Waals surface area contributed by atoms with E-state index in [1.54, 1.807) is 14.2 Å².